The van der Waals surface area contributed by atoms with E-state index < -0.39 is 5.82 Å². The molecule has 0 radical (unpaired) electrons. The number of thioether (sulfide) groups is 1. The predicted molar refractivity (Wildman–Crippen MR) is 64.9 cm³/mol. The highest BCUT2D eigenvalue weighted by atomic mass is 32.2. The minimum atomic E-state index is -0.415. The van der Waals surface area contributed by atoms with Gasteiger partial charge in [0.1, 0.15) is 11.6 Å². The molecule has 0 saturated carbocycles. The fraction of sp³-hybridized carbons (Fsp3) is 0.417. The molecule has 0 aliphatic heterocycles. The molecule has 2 nitrogen and oxygen atoms in total. The lowest BCUT2D eigenvalue weighted by atomic mass is 10.1. The highest BCUT2D eigenvalue weighted by Crippen LogP contribution is 2.20. The quantitative estimate of drug-likeness (QED) is 0.566. The molecule has 1 rings (SSSR count). The zero-order chi connectivity index (χ0) is 12.0. The third kappa shape index (κ3) is 3.85. The number of Topliss-reactive ketones (excluding diaryl/α,β-unsaturated/α-hetero) is 1. The number of halogens is 1. The Labute approximate surface area is 99.2 Å². The van der Waals surface area contributed by atoms with Gasteiger partial charge in [-0.1, -0.05) is 0 Å². The van der Waals surface area contributed by atoms with Gasteiger partial charge in [-0.2, -0.15) is 11.8 Å². The molecule has 88 valence electrons. The zero-order valence-electron chi connectivity index (χ0n) is 9.46. The Kier molecular flexibility index (Phi) is 5.32. The van der Waals surface area contributed by atoms with Crippen LogP contribution in [-0.4, -0.2) is 24.4 Å². The summed E-state index contributed by atoms with van der Waals surface area (Å²) in [5.41, 5.74) is 0.309. The summed E-state index contributed by atoms with van der Waals surface area (Å²) >= 11 is 1.74. The van der Waals surface area contributed by atoms with Crippen molar-refractivity contribution in [1.82, 2.24) is 0 Å². The van der Waals surface area contributed by atoms with Gasteiger partial charge in [0.05, 0.1) is 12.2 Å². The predicted octanol–water partition coefficient (Wildman–Crippen LogP) is 3.16. The van der Waals surface area contributed by atoms with Crippen molar-refractivity contribution >= 4 is 17.5 Å². The zero-order valence-corrected chi connectivity index (χ0v) is 10.3. The van der Waals surface area contributed by atoms with Crippen LogP contribution in [0.25, 0.3) is 0 Å². The minimum absolute atomic E-state index is 0.181. The largest absolute Gasteiger partial charge is 0.493 e. The molecular weight excluding hydrogens is 227 g/mol. The van der Waals surface area contributed by atoms with Gasteiger partial charge < -0.3 is 4.74 Å². The molecule has 1 aromatic rings. The molecule has 0 heterocycles. The van der Waals surface area contributed by atoms with Crippen LogP contribution in [0, 0.1) is 5.82 Å². The third-order valence-electron chi connectivity index (χ3n) is 2.07. The number of hydrogen-bond acceptors (Lipinski definition) is 3. The smallest absolute Gasteiger partial charge is 0.163 e. The number of hydrogen-bond donors (Lipinski definition) is 0. The van der Waals surface area contributed by atoms with Crippen molar-refractivity contribution in [2.45, 2.75) is 13.3 Å². The first-order chi connectivity index (χ1) is 7.65. The molecule has 0 bridgehead atoms. The molecule has 0 amide bonds. The maximum absolute atomic E-state index is 12.9. The molecule has 0 aliphatic carbocycles. The van der Waals surface area contributed by atoms with E-state index in [9.17, 15) is 9.18 Å². The normalized spacial score (nSPS) is 10.2. The fourth-order valence-corrected chi connectivity index (χ4v) is 1.70. The summed E-state index contributed by atoms with van der Waals surface area (Å²) < 4.78 is 18.4. The molecule has 16 heavy (non-hydrogen) atoms. The van der Waals surface area contributed by atoms with Gasteiger partial charge in [0.15, 0.2) is 5.78 Å². The highest BCUT2D eigenvalue weighted by Gasteiger charge is 2.09. The first-order valence-corrected chi connectivity index (χ1v) is 6.46. The summed E-state index contributed by atoms with van der Waals surface area (Å²) in [5.74, 6) is 0.882. The van der Waals surface area contributed by atoms with Crippen molar-refractivity contribution in [2.75, 3.05) is 18.6 Å². The van der Waals surface area contributed by atoms with Crippen LogP contribution in [0.3, 0.4) is 0 Å². The summed E-state index contributed by atoms with van der Waals surface area (Å²) in [6.07, 6.45) is 2.94. The molecule has 0 fully saturated rings. The molecule has 1 aromatic carbocycles. The van der Waals surface area contributed by atoms with Gasteiger partial charge in [-0.3, -0.25) is 4.79 Å². The number of ether oxygens (including phenoxy) is 1. The van der Waals surface area contributed by atoms with Crippen LogP contribution in [0.1, 0.15) is 23.7 Å². The highest BCUT2D eigenvalue weighted by molar-refractivity contribution is 7.98. The van der Waals surface area contributed by atoms with E-state index in [0.717, 1.165) is 12.2 Å². The maximum Gasteiger partial charge on any atom is 0.163 e. The second-order valence-electron chi connectivity index (χ2n) is 3.39. The first kappa shape index (κ1) is 13.0. The van der Waals surface area contributed by atoms with Gasteiger partial charge >= 0.3 is 0 Å². The van der Waals surface area contributed by atoms with Crippen molar-refractivity contribution in [3.63, 3.8) is 0 Å². The minimum Gasteiger partial charge on any atom is -0.493 e. The van der Waals surface area contributed by atoms with Crippen LogP contribution in [-0.2, 0) is 0 Å². The van der Waals surface area contributed by atoms with Crippen molar-refractivity contribution in [3.8, 4) is 5.75 Å². The topological polar surface area (TPSA) is 26.3 Å². The molecule has 0 saturated heterocycles. The molecule has 0 unspecified atom stereocenters. The fourth-order valence-electron chi connectivity index (χ4n) is 1.29. The summed E-state index contributed by atoms with van der Waals surface area (Å²) in [4.78, 5) is 11.3. The van der Waals surface area contributed by atoms with E-state index in [0.29, 0.717) is 17.9 Å². The standard InChI is InChI=1S/C12H15FO2S/c1-9(14)11-8-10(13)4-5-12(11)15-6-3-7-16-2/h4-5,8H,3,6-7H2,1-2H3. The van der Waals surface area contributed by atoms with Crippen molar-refractivity contribution in [3.05, 3.63) is 29.6 Å². The molecule has 0 atom stereocenters. The van der Waals surface area contributed by atoms with Crippen LogP contribution >= 0.6 is 11.8 Å². The Morgan fingerprint density at radius 3 is 2.88 bits per heavy atom. The molecule has 0 spiro atoms. The Morgan fingerprint density at radius 2 is 2.25 bits per heavy atom. The first-order valence-electron chi connectivity index (χ1n) is 5.07. The number of carbonyl (C=O) groups excluding carboxylic acids is 1. The van der Waals surface area contributed by atoms with E-state index in [4.69, 9.17) is 4.74 Å². The van der Waals surface area contributed by atoms with Crippen LogP contribution in [0.4, 0.5) is 4.39 Å². The van der Waals surface area contributed by atoms with Gasteiger partial charge in [0.2, 0.25) is 0 Å². The lowest BCUT2D eigenvalue weighted by Crippen LogP contribution is -2.04. The SMILES string of the molecule is CSCCCOc1ccc(F)cc1C(C)=O. The van der Waals surface area contributed by atoms with E-state index in [2.05, 4.69) is 0 Å². The van der Waals surface area contributed by atoms with E-state index in [-0.39, 0.29) is 5.78 Å². The van der Waals surface area contributed by atoms with Crippen LogP contribution in [0.5, 0.6) is 5.75 Å². The van der Waals surface area contributed by atoms with Gasteiger partial charge in [0.25, 0.3) is 0 Å². The number of carbonyl (C=O) groups is 1. The average molecular weight is 242 g/mol. The molecular formula is C12H15FO2S. The molecule has 4 heteroatoms. The van der Waals surface area contributed by atoms with Gasteiger partial charge in [0, 0.05) is 0 Å². The maximum atomic E-state index is 12.9. The van der Waals surface area contributed by atoms with Crippen molar-refractivity contribution < 1.29 is 13.9 Å². The molecule has 0 aromatic heterocycles. The van der Waals surface area contributed by atoms with E-state index >= 15 is 0 Å². The molecule has 0 N–H and O–H groups in total. The molecule has 0 aliphatic rings. The van der Waals surface area contributed by atoms with Gasteiger partial charge in [-0.15, -0.1) is 0 Å². The third-order valence-corrected chi connectivity index (χ3v) is 2.77. The Balaban J connectivity index is 2.67. The summed E-state index contributed by atoms with van der Waals surface area (Å²) in [5, 5.41) is 0. The number of rotatable bonds is 6. The average Bonchev–Trinajstić information content (AvgIpc) is 2.26. The lowest BCUT2D eigenvalue weighted by Gasteiger charge is -2.09. The lowest BCUT2D eigenvalue weighted by molar-refractivity contribution is 0.101. The Morgan fingerprint density at radius 1 is 1.50 bits per heavy atom. The summed E-state index contributed by atoms with van der Waals surface area (Å²) in [7, 11) is 0. The Hall–Kier alpha value is -1.03. The van der Waals surface area contributed by atoms with Crippen LogP contribution in [0.15, 0.2) is 18.2 Å². The Bertz CT molecular complexity index is 366. The van der Waals surface area contributed by atoms with E-state index in [1.807, 2.05) is 6.26 Å². The second-order valence-corrected chi connectivity index (χ2v) is 4.38. The monoisotopic (exact) mass is 242 g/mol. The van der Waals surface area contributed by atoms with Crippen molar-refractivity contribution in [1.29, 1.82) is 0 Å². The van der Waals surface area contributed by atoms with E-state index in [1.54, 1.807) is 11.8 Å². The van der Waals surface area contributed by atoms with E-state index in [1.165, 1.54) is 25.1 Å². The number of benzene rings is 1. The summed E-state index contributed by atoms with van der Waals surface area (Å²) in [6.45, 7) is 1.95. The van der Waals surface area contributed by atoms with Crippen LogP contribution < -0.4 is 4.74 Å². The number of ketones is 1. The van der Waals surface area contributed by atoms with Crippen molar-refractivity contribution in [2.24, 2.45) is 0 Å². The van der Waals surface area contributed by atoms with Gasteiger partial charge in [-0.05, 0) is 43.6 Å². The van der Waals surface area contributed by atoms with Gasteiger partial charge in [-0.25, -0.2) is 4.39 Å². The summed E-state index contributed by atoms with van der Waals surface area (Å²) in [6, 6.07) is 4.02. The second kappa shape index (κ2) is 6.53. The van der Waals surface area contributed by atoms with Crippen LogP contribution in [0.2, 0.25) is 0 Å².